The van der Waals surface area contributed by atoms with Gasteiger partial charge in [0.15, 0.2) is 5.82 Å². The highest BCUT2D eigenvalue weighted by Gasteiger charge is 2.26. The molecule has 2 aromatic heterocycles. The predicted molar refractivity (Wildman–Crippen MR) is 114 cm³/mol. The molecule has 32 heavy (non-hydrogen) atoms. The van der Waals surface area contributed by atoms with E-state index in [-0.39, 0.29) is 22.7 Å². The van der Waals surface area contributed by atoms with Gasteiger partial charge in [-0.05, 0) is 32.0 Å². The highest BCUT2D eigenvalue weighted by atomic mass is 32.2. The summed E-state index contributed by atoms with van der Waals surface area (Å²) >= 11 is 0. The normalized spacial score (nSPS) is 11.6. The van der Waals surface area contributed by atoms with Crippen molar-refractivity contribution in [3.05, 3.63) is 89.2 Å². The molecule has 0 saturated heterocycles. The summed E-state index contributed by atoms with van der Waals surface area (Å²) in [6.45, 7) is 2.83. The van der Waals surface area contributed by atoms with E-state index in [1.807, 2.05) is 30.3 Å². The van der Waals surface area contributed by atoms with E-state index in [1.54, 1.807) is 26.0 Å². The Morgan fingerprint density at radius 3 is 2.38 bits per heavy atom. The Morgan fingerprint density at radius 1 is 0.969 bits per heavy atom. The SMILES string of the molecule is Cc1nn(-c2ccc(-c3ccccc3)nn2)c(C)c1S(=O)(=O)NCc1ccc(F)cc1F. The third-order valence-electron chi connectivity index (χ3n) is 4.90. The lowest BCUT2D eigenvalue weighted by Crippen LogP contribution is -2.25. The van der Waals surface area contributed by atoms with Gasteiger partial charge in [0.05, 0.1) is 17.1 Å². The molecule has 4 rings (SSSR count). The number of sulfonamides is 1. The fraction of sp³-hybridized carbons (Fsp3) is 0.136. The highest BCUT2D eigenvalue weighted by Crippen LogP contribution is 2.23. The van der Waals surface area contributed by atoms with Crippen molar-refractivity contribution < 1.29 is 17.2 Å². The number of nitrogens with zero attached hydrogens (tertiary/aromatic N) is 4. The zero-order chi connectivity index (χ0) is 22.9. The molecule has 0 saturated carbocycles. The first-order valence-corrected chi connectivity index (χ1v) is 11.1. The van der Waals surface area contributed by atoms with E-state index in [2.05, 4.69) is 20.0 Å². The molecular weight excluding hydrogens is 436 g/mol. The molecule has 0 spiro atoms. The maximum atomic E-state index is 13.9. The number of aryl methyl sites for hydroxylation is 1. The highest BCUT2D eigenvalue weighted by molar-refractivity contribution is 7.89. The molecule has 2 aromatic carbocycles. The second kappa shape index (κ2) is 8.56. The van der Waals surface area contributed by atoms with Gasteiger partial charge in [0, 0.05) is 23.7 Å². The first kappa shape index (κ1) is 21.7. The molecule has 0 aliphatic rings. The van der Waals surface area contributed by atoms with Crippen LogP contribution in [0.1, 0.15) is 17.0 Å². The van der Waals surface area contributed by atoms with E-state index in [0.717, 1.165) is 11.6 Å². The number of hydrogen-bond acceptors (Lipinski definition) is 5. The van der Waals surface area contributed by atoms with Gasteiger partial charge in [0.2, 0.25) is 10.0 Å². The topological polar surface area (TPSA) is 89.8 Å². The lowest BCUT2D eigenvalue weighted by molar-refractivity contribution is 0.562. The van der Waals surface area contributed by atoms with Gasteiger partial charge in [-0.1, -0.05) is 36.4 Å². The van der Waals surface area contributed by atoms with E-state index in [4.69, 9.17) is 0 Å². The minimum atomic E-state index is -4.03. The quantitative estimate of drug-likeness (QED) is 0.479. The Labute approximate surface area is 183 Å². The van der Waals surface area contributed by atoms with Gasteiger partial charge in [0.25, 0.3) is 0 Å². The van der Waals surface area contributed by atoms with Crippen molar-refractivity contribution in [2.45, 2.75) is 25.3 Å². The fourth-order valence-electron chi connectivity index (χ4n) is 3.35. The van der Waals surface area contributed by atoms with Crippen molar-refractivity contribution in [2.24, 2.45) is 0 Å². The molecular formula is C22H19F2N5O2S. The van der Waals surface area contributed by atoms with E-state index in [0.29, 0.717) is 23.3 Å². The van der Waals surface area contributed by atoms with Gasteiger partial charge in [-0.2, -0.15) is 5.10 Å². The summed E-state index contributed by atoms with van der Waals surface area (Å²) < 4.78 is 56.5. The van der Waals surface area contributed by atoms with Crippen LogP contribution in [0.15, 0.2) is 65.6 Å². The molecule has 0 aliphatic heterocycles. The molecule has 0 amide bonds. The van der Waals surface area contributed by atoms with Crippen LogP contribution in [-0.2, 0) is 16.6 Å². The lowest BCUT2D eigenvalue weighted by atomic mass is 10.1. The van der Waals surface area contributed by atoms with Crippen molar-refractivity contribution >= 4 is 10.0 Å². The van der Waals surface area contributed by atoms with Gasteiger partial charge >= 0.3 is 0 Å². The van der Waals surface area contributed by atoms with E-state index < -0.39 is 21.7 Å². The minimum absolute atomic E-state index is 0.0278. The smallest absolute Gasteiger partial charge is 0.216 e. The Kier molecular flexibility index (Phi) is 5.81. The average molecular weight is 455 g/mol. The third kappa shape index (κ3) is 4.27. The van der Waals surface area contributed by atoms with Crippen LogP contribution in [0.3, 0.4) is 0 Å². The molecule has 164 valence electrons. The van der Waals surface area contributed by atoms with Crippen molar-refractivity contribution in [2.75, 3.05) is 0 Å². The summed E-state index contributed by atoms with van der Waals surface area (Å²) in [5.41, 5.74) is 2.19. The van der Waals surface area contributed by atoms with Crippen molar-refractivity contribution in [3.8, 4) is 17.1 Å². The Morgan fingerprint density at radius 2 is 1.72 bits per heavy atom. The fourth-order valence-corrected chi connectivity index (χ4v) is 4.75. The van der Waals surface area contributed by atoms with Crippen LogP contribution in [0.4, 0.5) is 8.78 Å². The zero-order valence-corrected chi connectivity index (χ0v) is 18.1. The first-order chi connectivity index (χ1) is 15.3. The van der Waals surface area contributed by atoms with Crippen LogP contribution in [0, 0.1) is 25.5 Å². The van der Waals surface area contributed by atoms with E-state index in [9.17, 15) is 17.2 Å². The van der Waals surface area contributed by atoms with Crippen LogP contribution in [0.2, 0.25) is 0 Å². The number of aromatic nitrogens is 4. The van der Waals surface area contributed by atoms with Crippen molar-refractivity contribution in [1.29, 1.82) is 0 Å². The molecule has 1 N–H and O–H groups in total. The largest absolute Gasteiger partial charge is 0.244 e. The summed E-state index contributed by atoms with van der Waals surface area (Å²) in [6.07, 6.45) is 0. The molecule has 2 heterocycles. The number of rotatable bonds is 6. The second-order valence-corrected chi connectivity index (χ2v) is 8.82. The zero-order valence-electron chi connectivity index (χ0n) is 17.3. The number of hydrogen-bond donors (Lipinski definition) is 1. The maximum absolute atomic E-state index is 13.9. The van der Waals surface area contributed by atoms with Crippen LogP contribution >= 0.6 is 0 Å². The lowest BCUT2D eigenvalue weighted by Gasteiger charge is -2.09. The van der Waals surface area contributed by atoms with E-state index >= 15 is 0 Å². The minimum Gasteiger partial charge on any atom is -0.216 e. The number of halogens is 2. The molecule has 4 aromatic rings. The van der Waals surface area contributed by atoms with Crippen LogP contribution in [-0.4, -0.2) is 28.4 Å². The summed E-state index contributed by atoms with van der Waals surface area (Å²) in [5.74, 6) is -1.21. The van der Waals surface area contributed by atoms with Gasteiger partial charge < -0.3 is 0 Å². The maximum Gasteiger partial charge on any atom is 0.244 e. The van der Waals surface area contributed by atoms with Crippen molar-refractivity contribution in [3.63, 3.8) is 0 Å². The number of nitrogens with one attached hydrogen (secondary N) is 1. The Bertz CT molecular complexity index is 1370. The summed E-state index contributed by atoms with van der Waals surface area (Å²) in [6, 6.07) is 16.0. The van der Waals surface area contributed by atoms with Gasteiger partial charge in [-0.15, -0.1) is 10.2 Å². The monoisotopic (exact) mass is 455 g/mol. The first-order valence-electron chi connectivity index (χ1n) is 9.65. The molecule has 0 unspecified atom stereocenters. The van der Waals surface area contributed by atoms with Gasteiger partial charge in [0.1, 0.15) is 16.5 Å². The third-order valence-corrected chi connectivity index (χ3v) is 6.55. The molecule has 7 nitrogen and oxygen atoms in total. The molecule has 0 bridgehead atoms. The molecule has 0 atom stereocenters. The second-order valence-electron chi connectivity index (χ2n) is 7.11. The van der Waals surface area contributed by atoms with Crippen LogP contribution in [0.5, 0.6) is 0 Å². The summed E-state index contributed by atoms with van der Waals surface area (Å²) in [4.78, 5) is -0.0334. The number of benzene rings is 2. The molecule has 0 fully saturated rings. The summed E-state index contributed by atoms with van der Waals surface area (Å²) in [5, 5.41) is 12.7. The Hall–Kier alpha value is -3.50. The molecule has 0 radical (unpaired) electrons. The van der Waals surface area contributed by atoms with Crippen LogP contribution in [0.25, 0.3) is 17.1 Å². The molecule has 0 aliphatic carbocycles. The Balaban J connectivity index is 1.61. The van der Waals surface area contributed by atoms with Crippen LogP contribution < -0.4 is 4.72 Å². The predicted octanol–water partition coefficient (Wildman–Crippen LogP) is 3.70. The van der Waals surface area contributed by atoms with Crippen molar-refractivity contribution in [1.82, 2.24) is 24.7 Å². The standard InChI is InChI=1S/C22H19F2N5O2S/c1-14-22(32(30,31)25-13-17-8-9-18(23)12-19(17)24)15(2)29(28-14)21-11-10-20(26-27-21)16-6-4-3-5-7-16/h3-12,25H,13H2,1-2H3. The average Bonchev–Trinajstić information content (AvgIpc) is 3.08. The van der Waals surface area contributed by atoms with Gasteiger partial charge in [-0.3, -0.25) is 0 Å². The van der Waals surface area contributed by atoms with Gasteiger partial charge in [-0.25, -0.2) is 26.6 Å². The molecule has 10 heteroatoms. The summed E-state index contributed by atoms with van der Waals surface area (Å²) in [7, 11) is -4.03. The van der Waals surface area contributed by atoms with E-state index in [1.165, 1.54) is 10.7 Å².